The zero-order valence-corrected chi connectivity index (χ0v) is 9.54. The van der Waals surface area contributed by atoms with Crippen molar-refractivity contribution in [3.8, 4) is 5.75 Å². The normalized spacial score (nSPS) is 13.6. The van der Waals surface area contributed by atoms with E-state index in [0.29, 0.717) is 6.61 Å². The van der Waals surface area contributed by atoms with Crippen LogP contribution in [-0.2, 0) is 19.6 Å². The van der Waals surface area contributed by atoms with Crippen LogP contribution in [0, 0.1) is 0 Å². The van der Waals surface area contributed by atoms with E-state index in [1.165, 1.54) is 11.1 Å². The number of nitrogens with zero attached hydrogens (tertiary/aromatic N) is 3. The molecule has 0 saturated heterocycles. The first-order valence-electron chi connectivity index (χ1n) is 5.77. The minimum atomic E-state index is 0.637. The smallest absolute Gasteiger partial charge is 0.119 e. The van der Waals surface area contributed by atoms with Gasteiger partial charge in [0.15, 0.2) is 0 Å². The number of benzene rings is 1. The fraction of sp³-hybridized carbons (Fsp3) is 0.308. The first kappa shape index (κ1) is 10.4. The van der Waals surface area contributed by atoms with E-state index in [1.54, 1.807) is 6.20 Å². The van der Waals surface area contributed by atoms with Gasteiger partial charge in [0.05, 0.1) is 6.54 Å². The first-order valence-corrected chi connectivity index (χ1v) is 5.77. The number of fused-ring (bicyclic) bond motifs is 1. The summed E-state index contributed by atoms with van der Waals surface area (Å²) >= 11 is 0. The zero-order valence-electron chi connectivity index (χ0n) is 9.54. The Hall–Kier alpha value is -1.81. The fourth-order valence-electron chi connectivity index (χ4n) is 1.98. The molecule has 0 amide bonds. The van der Waals surface area contributed by atoms with E-state index in [4.69, 9.17) is 4.74 Å². The second-order valence-corrected chi connectivity index (χ2v) is 4.09. The van der Waals surface area contributed by atoms with Gasteiger partial charge in [-0.15, -0.1) is 0 Å². The topological polar surface area (TPSA) is 41.2 Å². The first-order chi connectivity index (χ1) is 8.42. The van der Waals surface area contributed by atoms with Crippen LogP contribution in [0.3, 0.4) is 0 Å². The van der Waals surface area contributed by atoms with Crippen molar-refractivity contribution in [2.45, 2.75) is 19.6 Å². The summed E-state index contributed by atoms with van der Waals surface area (Å²) in [6.07, 6.45) is 3.71. The Morgan fingerprint density at radius 2 is 2.18 bits per heavy atom. The van der Waals surface area contributed by atoms with Gasteiger partial charge >= 0.3 is 0 Å². The van der Waals surface area contributed by atoms with Crippen molar-refractivity contribution in [2.24, 2.45) is 0 Å². The van der Waals surface area contributed by atoms with Crippen LogP contribution in [0.4, 0.5) is 0 Å². The molecule has 1 radical (unpaired) electrons. The average molecular weight is 228 g/mol. The van der Waals surface area contributed by atoms with Gasteiger partial charge in [-0.25, -0.2) is 5.32 Å². The summed E-state index contributed by atoms with van der Waals surface area (Å²) in [6.45, 7) is 3.08. The van der Waals surface area contributed by atoms with Crippen LogP contribution in [0.5, 0.6) is 5.75 Å². The highest BCUT2D eigenvalue weighted by molar-refractivity contribution is 5.37. The van der Waals surface area contributed by atoms with Gasteiger partial charge in [0.25, 0.3) is 0 Å². The summed E-state index contributed by atoms with van der Waals surface area (Å²) in [4.78, 5) is 0. The molecule has 0 spiro atoms. The minimum Gasteiger partial charge on any atom is -0.492 e. The summed E-state index contributed by atoms with van der Waals surface area (Å²) in [5, 5.41) is 8.47. The summed E-state index contributed by atoms with van der Waals surface area (Å²) in [7, 11) is 0. The maximum Gasteiger partial charge on any atom is 0.119 e. The fourth-order valence-corrected chi connectivity index (χ4v) is 1.98. The van der Waals surface area contributed by atoms with E-state index in [2.05, 4.69) is 22.5 Å². The molecule has 0 bridgehead atoms. The molecular formula is C13H14N3O. The highest BCUT2D eigenvalue weighted by Crippen LogP contribution is 2.22. The monoisotopic (exact) mass is 228 g/mol. The maximum absolute atomic E-state index is 5.70. The van der Waals surface area contributed by atoms with Gasteiger partial charge in [-0.05, 0) is 29.3 Å². The van der Waals surface area contributed by atoms with Gasteiger partial charge in [0.2, 0.25) is 0 Å². The lowest BCUT2D eigenvalue weighted by Gasteiger charge is -2.07. The molecule has 17 heavy (non-hydrogen) atoms. The molecule has 0 unspecified atom stereocenters. The van der Waals surface area contributed by atoms with Crippen LogP contribution < -0.4 is 10.1 Å². The van der Waals surface area contributed by atoms with E-state index in [9.17, 15) is 0 Å². The zero-order chi connectivity index (χ0) is 11.5. The predicted molar refractivity (Wildman–Crippen MR) is 63.7 cm³/mol. The van der Waals surface area contributed by atoms with E-state index in [0.717, 1.165) is 25.4 Å². The Bertz CT molecular complexity index is 493. The van der Waals surface area contributed by atoms with Crippen LogP contribution >= 0.6 is 0 Å². The van der Waals surface area contributed by atoms with Gasteiger partial charge < -0.3 is 4.74 Å². The Balaban J connectivity index is 1.58. The number of aromatic nitrogens is 2. The minimum absolute atomic E-state index is 0.637. The lowest BCUT2D eigenvalue weighted by atomic mass is 10.1. The van der Waals surface area contributed by atoms with Crippen molar-refractivity contribution >= 4 is 0 Å². The lowest BCUT2D eigenvalue weighted by molar-refractivity contribution is 0.291. The van der Waals surface area contributed by atoms with Crippen molar-refractivity contribution in [3.05, 3.63) is 47.8 Å². The van der Waals surface area contributed by atoms with Crippen LogP contribution in [0.1, 0.15) is 11.1 Å². The molecule has 1 aromatic carbocycles. The number of rotatable bonds is 4. The largest absolute Gasteiger partial charge is 0.492 e. The van der Waals surface area contributed by atoms with E-state index >= 15 is 0 Å². The molecule has 3 rings (SSSR count). The molecule has 4 nitrogen and oxygen atoms in total. The van der Waals surface area contributed by atoms with Crippen molar-refractivity contribution in [3.63, 3.8) is 0 Å². The van der Waals surface area contributed by atoms with Crippen molar-refractivity contribution in [1.82, 2.24) is 15.1 Å². The number of ether oxygens (including phenoxy) is 1. The lowest BCUT2D eigenvalue weighted by Crippen LogP contribution is -2.08. The molecule has 1 aromatic heterocycles. The molecule has 2 aromatic rings. The van der Waals surface area contributed by atoms with Gasteiger partial charge in [-0.2, -0.15) is 5.10 Å². The molecule has 0 saturated carbocycles. The molecule has 2 heterocycles. The molecular weight excluding hydrogens is 214 g/mol. The van der Waals surface area contributed by atoms with Gasteiger partial charge in [0.1, 0.15) is 12.4 Å². The molecule has 1 aliphatic heterocycles. The molecule has 0 fully saturated rings. The third kappa shape index (κ3) is 2.31. The summed E-state index contributed by atoms with van der Waals surface area (Å²) in [5.74, 6) is 0.924. The highest BCUT2D eigenvalue weighted by Gasteiger charge is 2.11. The number of hydrogen-bond acceptors (Lipinski definition) is 2. The summed E-state index contributed by atoms with van der Waals surface area (Å²) in [5.41, 5.74) is 2.62. The van der Waals surface area contributed by atoms with Gasteiger partial charge in [-0.3, -0.25) is 4.68 Å². The maximum atomic E-state index is 5.70. The Labute approximate surface area is 100 Å². The van der Waals surface area contributed by atoms with E-state index in [1.807, 2.05) is 23.0 Å². The molecule has 0 atom stereocenters. The highest BCUT2D eigenvalue weighted by atomic mass is 16.5. The molecule has 1 aliphatic rings. The second kappa shape index (κ2) is 4.59. The standard InChI is InChI=1S/C13H14N3O/c1-4-15-16(5-1)6-7-17-13-3-2-11-9-14-10-12(11)8-13/h1-5,8H,6-7,9-10H2. The van der Waals surface area contributed by atoms with Crippen LogP contribution in [0.2, 0.25) is 0 Å². The molecule has 87 valence electrons. The Morgan fingerprint density at radius 1 is 1.24 bits per heavy atom. The van der Waals surface area contributed by atoms with E-state index in [-0.39, 0.29) is 0 Å². The Morgan fingerprint density at radius 3 is 3.06 bits per heavy atom. The molecule has 0 N–H and O–H groups in total. The second-order valence-electron chi connectivity index (χ2n) is 4.09. The SMILES string of the molecule is c1cnn(CCOc2ccc3c(c2)C[N]C3)c1. The average Bonchev–Trinajstić information content (AvgIpc) is 2.98. The molecule has 0 aliphatic carbocycles. The van der Waals surface area contributed by atoms with Gasteiger partial charge in [-0.1, -0.05) is 6.07 Å². The summed E-state index contributed by atoms with van der Waals surface area (Å²) in [6, 6.07) is 8.13. The third-order valence-electron chi connectivity index (χ3n) is 2.89. The van der Waals surface area contributed by atoms with Crippen LogP contribution in [-0.4, -0.2) is 16.4 Å². The van der Waals surface area contributed by atoms with Crippen molar-refractivity contribution < 1.29 is 4.74 Å². The number of hydrogen-bond donors (Lipinski definition) is 0. The van der Waals surface area contributed by atoms with Gasteiger partial charge in [0, 0.05) is 25.5 Å². The van der Waals surface area contributed by atoms with Crippen LogP contribution in [0.15, 0.2) is 36.7 Å². The quantitative estimate of drug-likeness (QED) is 0.797. The van der Waals surface area contributed by atoms with Crippen LogP contribution in [0.25, 0.3) is 0 Å². The Kier molecular flexibility index (Phi) is 2.80. The third-order valence-corrected chi connectivity index (χ3v) is 2.89. The predicted octanol–water partition coefficient (Wildman–Crippen LogP) is 1.58. The van der Waals surface area contributed by atoms with Crippen molar-refractivity contribution in [2.75, 3.05) is 6.61 Å². The van der Waals surface area contributed by atoms with Crippen molar-refractivity contribution in [1.29, 1.82) is 0 Å². The molecule has 4 heteroatoms. The summed E-state index contributed by atoms with van der Waals surface area (Å²) < 4.78 is 7.57. The van der Waals surface area contributed by atoms with E-state index < -0.39 is 0 Å².